The van der Waals surface area contributed by atoms with Gasteiger partial charge in [-0.1, -0.05) is 12.1 Å². The van der Waals surface area contributed by atoms with Gasteiger partial charge in [0.15, 0.2) is 5.82 Å². The van der Waals surface area contributed by atoms with Crippen LogP contribution in [0.15, 0.2) is 52.0 Å². The van der Waals surface area contributed by atoms with Gasteiger partial charge < -0.3 is 14.8 Å². The molecule has 0 unspecified atom stereocenters. The molecule has 10 heteroatoms. The molecule has 0 spiro atoms. The Kier molecular flexibility index (Phi) is 5.52. The highest BCUT2D eigenvalue weighted by Crippen LogP contribution is 2.33. The Hall–Kier alpha value is -2.69. The van der Waals surface area contributed by atoms with Crippen LogP contribution >= 0.6 is 22.7 Å². The molecule has 4 aromatic rings. The first-order valence-electron chi connectivity index (χ1n) is 10.2. The van der Waals surface area contributed by atoms with Crippen molar-refractivity contribution in [2.75, 3.05) is 31.1 Å². The normalized spacial score (nSPS) is 15.5. The van der Waals surface area contributed by atoms with Crippen molar-refractivity contribution in [3.63, 3.8) is 0 Å². The fraction of sp³-hybridized carbons (Fsp3) is 0.273. The molecule has 1 aliphatic heterocycles. The van der Waals surface area contributed by atoms with Crippen LogP contribution in [0, 0.1) is 0 Å². The first kappa shape index (κ1) is 21.2. The van der Waals surface area contributed by atoms with E-state index in [0.717, 1.165) is 34.4 Å². The number of quaternary nitrogens is 1. The van der Waals surface area contributed by atoms with E-state index in [1.165, 1.54) is 28.4 Å². The van der Waals surface area contributed by atoms with Crippen LogP contribution in [0.4, 0.5) is 18.9 Å². The summed E-state index contributed by atoms with van der Waals surface area (Å²) in [5.41, 5.74) is 0.753. The number of fused-ring (bicyclic) bond motifs is 1. The molecule has 0 radical (unpaired) electrons. The Morgan fingerprint density at radius 2 is 1.94 bits per heavy atom. The lowest BCUT2D eigenvalue weighted by Crippen LogP contribution is -3.13. The van der Waals surface area contributed by atoms with E-state index >= 15 is 0 Å². The average molecular weight is 478 g/mol. The Morgan fingerprint density at radius 1 is 1.12 bits per heavy atom. The zero-order chi connectivity index (χ0) is 22.3. The standard InChI is InChI=1S/C22H19F3N4OS2/c23-22(24,25)14-3-1-4-15(11-14)29-8-6-28(7-9-29)12-18-26-20(30)19-16(13-32-21(19)27-18)17-5-2-10-31-17/h1-5,10-11,13H,6-9,12H2,(H,26,27,30)/p+1. The third-order valence-corrected chi connectivity index (χ3v) is 7.48. The van der Waals surface area contributed by atoms with E-state index in [2.05, 4.69) is 9.97 Å². The number of piperazine rings is 1. The van der Waals surface area contributed by atoms with Crippen LogP contribution in [0.1, 0.15) is 11.4 Å². The molecule has 2 N–H and O–H groups in total. The lowest BCUT2D eigenvalue weighted by atomic mass is 10.1. The van der Waals surface area contributed by atoms with Crippen molar-refractivity contribution in [2.24, 2.45) is 0 Å². The van der Waals surface area contributed by atoms with Crippen LogP contribution in [0.2, 0.25) is 0 Å². The predicted molar refractivity (Wildman–Crippen MR) is 122 cm³/mol. The van der Waals surface area contributed by atoms with Crippen LogP contribution in [-0.4, -0.2) is 36.1 Å². The number of hydrogen-bond donors (Lipinski definition) is 2. The van der Waals surface area contributed by atoms with E-state index in [-0.39, 0.29) is 5.56 Å². The summed E-state index contributed by atoms with van der Waals surface area (Å²) >= 11 is 3.06. The van der Waals surface area contributed by atoms with Crippen molar-refractivity contribution in [1.29, 1.82) is 0 Å². The van der Waals surface area contributed by atoms with Crippen molar-refractivity contribution < 1.29 is 18.1 Å². The molecule has 3 aromatic heterocycles. The summed E-state index contributed by atoms with van der Waals surface area (Å²) in [6, 6.07) is 9.43. The monoisotopic (exact) mass is 477 g/mol. The quantitative estimate of drug-likeness (QED) is 0.472. The molecule has 1 aliphatic rings. The second-order valence-electron chi connectivity index (χ2n) is 7.78. The molecule has 0 saturated carbocycles. The Balaban J connectivity index is 1.28. The summed E-state index contributed by atoms with van der Waals surface area (Å²) in [7, 11) is 0. The van der Waals surface area contributed by atoms with Crippen LogP contribution < -0.4 is 15.4 Å². The molecule has 0 amide bonds. The van der Waals surface area contributed by atoms with Gasteiger partial charge in [-0.15, -0.1) is 22.7 Å². The number of H-pyrrole nitrogens is 1. The van der Waals surface area contributed by atoms with Crippen molar-refractivity contribution >= 4 is 38.6 Å². The van der Waals surface area contributed by atoms with Crippen molar-refractivity contribution in [3.05, 3.63) is 68.9 Å². The number of aromatic amines is 1. The van der Waals surface area contributed by atoms with Crippen molar-refractivity contribution in [1.82, 2.24) is 9.97 Å². The van der Waals surface area contributed by atoms with E-state index in [1.54, 1.807) is 17.4 Å². The van der Waals surface area contributed by atoms with Crippen LogP contribution in [0.3, 0.4) is 0 Å². The van der Waals surface area contributed by atoms with Gasteiger partial charge in [-0.2, -0.15) is 13.2 Å². The van der Waals surface area contributed by atoms with Crippen LogP contribution in [-0.2, 0) is 12.7 Å². The number of alkyl halides is 3. The summed E-state index contributed by atoms with van der Waals surface area (Å²) in [6.45, 7) is 3.37. The number of anilines is 1. The lowest BCUT2D eigenvalue weighted by Gasteiger charge is -2.33. The maximum atomic E-state index is 13.0. The molecule has 1 fully saturated rings. The molecule has 1 aromatic carbocycles. The molecule has 0 bridgehead atoms. The van der Waals surface area contributed by atoms with E-state index in [9.17, 15) is 18.0 Å². The zero-order valence-corrected chi connectivity index (χ0v) is 18.5. The van der Waals surface area contributed by atoms with Crippen molar-refractivity contribution in [3.8, 4) is 10.4 Å². The zero-order valence-electron chi connectivity index (χ0n) is 16.9. The molecule has 0 atom stereocenters. The predicted octanol–water partition coefficient (Wildman–Crippen LogP) is 3.64. The number of nitrogens with one attached hydrogen (secondary N) is 2. The fourth-order valence-corrected chi connectivity index (χ4v) is 5.85. The maximum absolute atomic E-state index is 13.0. The summed E-state index contributed by atoms with van der Waals surface area (Å²) in [5.74, 6) is 0.643. The molecule has 5 nitrogen and oxygen atoms in total. The molecule has 32 heavy (non-hydrogen) atoms. The first-order valence-corrected chi connectivity index (χ1v) is 11.9. The highest BCUT2D eigenvalue weighted by Gasteiger charge is 2.31. The fourth-order valence-electron chi connectivity index (χ4n) is 4.06. The Morgan fingerprint density at radius 3 is 2.66 bits per heavy atom. The molecular formula is C22H20F3N4OS2+. The summed E-state index contributed by atoms with van der Waals surface area (Å²) in [5, 5.41) is 4.59. The lowest BCUT2D eigenvalue weighted by molar-refractivity contribution is -0.915. The molecular weight excluding hydrogens is 457 g/mol. The number of rotatable bonds is 4. The Labute approximate surface area is 189 Å². The highest BCUT2D eigenvalue weighted by molar-refractivity contribution is 7.18. The second kappa shape index (κ2) is 8.34. The summed E-state index contributed by atoms with van der Waals surface area (Å²) in [6.07, 6.45) is -4.34. The third kappa shape index (κ3) is 4.17. The third-order valence-electron chi connectivity index (χ3n) is 5.71. The number of aromatic nitrogens is 2. The molecule has 0 aliphatic carbocycles. The summed E-state index contributed by atoms with van der Waals surface area (Å²) in [4.78, 5) is 25.4. The topological polar surface area (TPSA) is 53.4 Å². The minimum Gasteiger partial charge on any atom is -0.360 e. The summed E-state index contributed by atoms with van der Waals surface area (Å²) < 4.78 is 39.0. The van der Waals surface area contributed by atoms with Gasteiger partial charge in [0.2, 0.25) is 0 Å². The van der Waals surface area contributed by atoms with E-state index in [4.69, 9.17) is 0 Å². The minimum absolute atomic E-state index is 0.128. The largest absolute Gasteiger partial charge is 0.416 e. The van der Waals surface area contributed by atoms with Crippen LogP contribution in [0.25, 0.3) is 20.7 Å². The average Bonchev–Trinajstić information content (AvgIpc) is 3.44. The van der Waals surface area contributed by atoms with E-state index in [0.29, 0.717) is 36.5 Å². The van der Waals surface area contributed by atoms with Gasteiger partial charge in [0.05, 0.1) is 37.1 Å². The van der Waals surface area contributed by atoms with Gasteiger partial charge in [0.1, 0.15) is 11.4 Å². The highest BCUT2D eigenvalue weighted by atomic mass is 32.1. The SMILES string of the molecule is O=c1[nH]c(C[NH+]2CCN(c3cccc(C(F)(F)F)c3)CC2)nc2scc(-c3cccs3)c12. The van der Waals surface area contributed by atoms with Gasteiger partial charge in [-0.05, 0) is 29.6 Å². The van der Waals surface area contributed by atoms with E-state index in [1.807, 2.05) is 27.8 Å². The number of hydrogen-bond acceptors (Lipinski definition) is 5. The van der Waals surface area contributed by atoms with Crippen LogP contribution in [0.5, 0.6) is 0 Å². The maximum Gasteiger partial charge on any atom is 0.416 e. The smallest absolute Gasteiger partial charge is 0.360 e. The van der Waals surface area contributed by atoms with Gasteiger partial charge in [0.25, 0.3) is 5.56 Å². The number of thiophene rings is 2. The van der Waals surface area contributed by atoms with Gasteiger partial charge in [-0.25, -0.2) is 4.98 Å². The Bertz CT molecular complexity index is 1290. The van der Waals surface area contributed by atoms with Crippen molar-refractivity contribution in [2.45, 2.75) is 12.7 Å². The molecule has 1 saturated heterocycles. The van der Waals surface area contributed by atoms with Gasteiger partial charge >= 0.3 is 6.18 Å². The van der Waals surface area contributed by atoms with Gasteiger partial charge in [-0.3, -0.25) is 4.79 Å². The van der Waals surface area contributed by atoms with E-state index < -0.39 is 11.7 Å². The number of halogens is 3. The molecule has 5 rings (SSSR count). The molecule has 4 heterocycles. The second-order valence-corrected chi connectivity index (χ2v) is 9.59. The number of nitrogens with zero attached hydrogens (tertiary/aromatic N) is 2. The minimum atomic E-state index is -4.34. The molecule has 166 valence electrons. The number of benzene rings is 1. The first-order chi connectivity index (χ1) is 15.4. The van der Waals surface area contributed by atoms with Gasteiger partial charge in [0, 0.05) is 21.5 Å².